The maximum atomic E-state index is 11.6. The second-order valence-corrected chi connectivity index (χ2v) is 3.86. The van der Waals surface area contributed by atoms with E-state index in [-0.39, 0.29) is 18.1 Å². The maximum absolute atomic E-state index is 11.6. The van der Waals surface area contributed by atoms with Crippen LogP contribution < -0.4 is 5.73 Å². The second-order valence-electron chi connectivity index (χ2n) is 3.86. The average molecular weight is 216 g/mol. The predicted molar refractivity (Wildman–Crippen MR) is 61.6 cm³/mol. The van der Waals surface area contributed by atoms with E-state index in [2.05, 4.69) is 0 Å². The lowest BCUT2D eigenvalue weighted by atomic mass is 10.0. The standard InChI is InChI=1S/C11H24N2O2/c1-5-11(4,9-12)15-8-10(14)13(6-2)7-3/h5-9,12H2,1-4H3. The lowest BCUT2D eigenvalue weighted by Crippen LogP contribution is -2.41. The Bertz CT molecular complexity index is 187. The average Bonchev–Trinajstić information content (AvgIpc) is 2.27. The molecule has 0 spiro atoms. The van der Waals surface area contributed by atoms with Gasteiger partial charge in [0.25, 0.3) is 0 Å². The molecule has 0 saturated carbocycles. The van der Waals surface area contributed by atoms with E-state index in [1.54, 1.807) is 4.90 Å². The predicted octanol–water partition coefficient (Wildman–Crippen LogP) is 0.999. The number of hydrogen-bond donors (Lipinski definition) is 1. The van der Waals surface area contributed by atoms with Crippen LogP contribution in [0, 0.1) is 0 Å². The summed E-state index contributed by atoms with van der Waals surface area (Å²) in [6.07, 6.45) is 0.815. The number of hydrogen-bond acceptors (Lipinski definition) is 3. The van der Waals surface area contributed by atoms with Gasteiger partial charge in [0.05, 0.1) is 5.60 Å². The molecule has 0 aromatic carbocycles. The summed E-state index contributed by atoms with van der Waals surface area (Å²) in [5.74, 6) is 0.0353. The second kappa shape index (κ2) is 6.80. The Kier molecular flexibility index (Phi) is 6.52. The van der Waals surface area contributed by atoms with Crippen LogP contribution in [0.1, 0.15) is 34.1 Å². The highest BCUT2D eigenvalue weighted by Crippen LogP contribution is 2.12. The third-order valence-corrected chi connectivity index (χ3v) is 2.84. The monoisotopic (exact) mass is 216 g/mol. The third kappa shape index (κ3) is 4.62. The highest BCUT2D eigenvalue weighted by atomic mass is 16.5. The van der Waals surface area contributed by atoms with Gasteiger partial charge in [-0.25, -0.2) is 0 Å². The van der Waals surface area contributed by atoms with Crippen LogP contribution in [0.5, 0.6) is 0 Å². The molecule has 0 radical (unpaired) electrons. The zero-order chi connectivity index (χ0) is 11.9. The Morgan fingerprint density at radius 3 is 2.20 bits per heavy atom. The first-order chi connectivity index (χ1) is 7.02. The van der Waals surface area contributed by atoms with E-state index in [4.69, 9.17) is 10.5 Å². The molecule has 0 saturated heterocycles. The summed E-state index contributed by atoms with van der Waals surface area (Å²) in [6, 6.07) is 0. The van der Waals surface area contributed by atoms with Crippen LogP contribution in [0.3, 0.4) is 0 Å². The minimum Gasteiger partial charge on any atom is -0.364 e. The van der Waals surface area contributed by atoms with Crippen LogP contribution >= 0.6 is 0 Å². The van der Waals surface area contributed by atoms with E-state index in [9.17, 15) is 4.79 Å². The van der Waals surface area contributed by atoms with Gasteiger partial charge in [-0.15, -0.1) is 0 Å². The van der Waals surface area contributed by atoms with Gasteiger partial charge in [0.1, 0.15) is 6.61 Å². The third-order valence-electron chi connectivity index (χ3n) is 2.84. The number of rotatable bonds is 7. The van der Waals surface area contributed by atoms with E-state index in [1.807, 2.05) is 27.7 Å². The Hall–Kier alpha value is -0.610. The summed E-state index contributed by atoms with van der Waals surface area (Å²) in [4.78, 5) is 13.4. The van der Waals surface area contributed by atoms with Crippen molar-refractivity contribution >= 4 is 5.91 Å². The molecule has 0 aliphatic rings. The molecule has 0 heterocycles. The van der Waals surface area contributed by atoms with Crippen LogP contribution in [0.2, 0.25) is 0 Å². The summed E-state index contributed by atoms with van der Waals surface area (Å²) in [5.41, 5.74) is 5.22. The first kappa shape index (κ1) is 14.4. The van der Waals surface area contributed by atoms with Crippen LogP contribution in [-0.4, -0.2) is 42.6 Å². The van der Waals surface area contributed by atoms with Crippen molar-refractivity contribution in [2.24, 2.45) is 5.73 Å². The lowest BCUT2D eigenvalue weighted by molar-refractivity contribution is -0.142. The summed E-state index contributed by atoms with van der Waals surface area (Å²) in [7, 11) is 0. The molecule has 0 rings (SSSR count). The molecule has 1 atom stereocenters. The van der Waals surface area contributed by atoms with Crippen molar-refractivity contribution in [3.05, 3.63) is 0 Å². The van der Waals surface area contributed by atoms with Gasteiger partial charge >= 0.3 is 0 Å². The van der Waals surface area contributed by atoms with Crippen molar-refractivity contribution in [1.29, 1.82) is 0 Å². The first-order valence-electron chi connectivity index (χ1n) is 5.64. The highest BCUT2D eigenvalue weighted by Gasteiger charge is 2.22. The molecule has 1 unspecified atom stereocenters. The topological polar surface area (TPSA) is 55.6 Å². The number of ether oxygens (including phenoxy) is 1. The molecule has 1 amide bonds. The van der Waals surface area contributed by atoms with Crippen molar-refractivity contribution in [3.8, 4) is 0 Å². The molecule has 0 aromatic rings. The normalized spacial score (nSPS) is 14.7. The zero-order valence-corrected chi connectivity index (χ0v) is 10.4. The van der Waals surface area contributed by atoms with Gasteiger partial charge in [0, 0.05) is 19.6 Å². The Balaban J connectivity index is 4.08. The van der Waals surface area contributed by atoms with E-state index in [0.717, 1.165) is 19.5 Å². The lowest BCUT2D eigenvalue weighted by Gasteiger charge is -2.28. The molecule has 0 bridgehead atoms. The molecule has 4 heteroatoms. The minimum absolute atomic E-state index is 0.0353. The fourth-order valence-corrected chi connectivity index (χ4v) is 1.21. The van der Waals surface area contributed by atoms with E-state index < -0.39 is 0 Å². The summed E-state index contributed by atoms with van der Waals surface area (Å²) >= 11 is 0. The number of amides is 1. The quantitative estimate of drug-likeness (QED) is 0.690. The van der Waals surface area contributed by atoms with Gasteiger partial charge in [-0.3, -0.25) is 4.79 Å². The van der Waals surface area contributed by atoms with Crippen molar-refractivity contribution in [2.45, 2.75) is 39.7 Å². The van der Waals surface area contributed by atoms with Gasteiger partial charge in [-0.1, -0.05) is 6.92 Å². The van der Waals surface area contributed by atoms with E-state index in [1.165, 1.54) is 0 Å². The SMILES string of the molecule is CCN(CC)C(=O)COC(C)(CC)CN. The molecule has 90 valence electrons. The number of nitrogens with zero attached hydrogens (tertiary/aromatic N) is 1. The molecule has 4 nitrogen and oxygen atoms in total. The molecule has 2 N–H and O–H groups in total. The van der Waals surface area contributed by atoms with Gasteiger partial charge in [-0.05, 0) is 27.2 Å². The molecular weight excluding hydrogens is 192 g/mol. The smallest absolute Gasteiger partial charge is 0.248 e. The van der Waals surface area contributed by atoms with E-state index >= 15 is 0 Å². The van der Waals surface area contributed by atoms with Gasteiger partial charge in [-0.2, -0.15) is 0 Å². The molecule has 0 aromatic heterocycles. The number of likely N-dealkylation sites (N-methyl/N-ethyl adjacent to an activating group) is 1. The van der Waals surface area contributed by atoms with Crippen LogP contribution in [0.4, 0.5) is 0 Å². The molecule has 0 aliphatic carbocycles. The first-order valence-corrected chi connectivity index (χ1v) is 5.64. The summed E-state index contributed by atoms with van der Waals surface area (Å²) in [6.45, 7) is 9.89. The largest absolute Gasteiger partial charge is 0.364 e. The van der Waals surface area contributed by atoms with Crippen molar-refractivity contribution < 1.29 is 9.53 Å². The number of carbonyl (C=O) groups is 1. The van der Waals surface area contributed by atoms with Gasteiger partial charge in [0.2, 0.25) is 5.91 Å². The maximum Gasteiger partial charge on any atom is 0.248 e. The van der Waals surface area contributed by atoms with Crippen LogP contribution in [0.25, 0.3) is 0 Å². The van der Waals surface area contributed by atoms with E-state index in [0.29, 0.717) is 6.54 Å². The fraction of sp³-hybridized carbons (Fsp3) is 0.909. The zero-order valence-electron chi connectivity index (χ0n) is 10.4. The van der Waals surface area contributed by atoms with Crippen LogP contribution in [0.15, 0.2) is 0 Å². The van der Waals surface area contributed by atoms with Crippen molar-refractivity contribution in [3.63, 3.8) is 0 Å². The minimum atomic E-state index is -0.372. The number of carbonyl (C=O) groups excluding carboxylic acids is 1. The number of nitrogens with two attached hydrogens (primary N) is 1. The molecular formula is C11H24N2O2. The summed E-state index contributed by atoms with van der Waals surface area (Å²) in [5, 5.41) is 0. The summed E-state index contributed by atoms with van der Waals surface area (Å²) < 4.78 is 5.56. The Morgan fingerprint density at radius 1 is 1.33 bits per heavy atom. The fourth-order valence-electron chi connectivity index (χ4n) is 1.21. The van der Waals surface area contributed by atoms with Crippen molar-refractivity contribution in [1.82, 2.24) is 4.90 Å². The van der Waals surface area contributed by atoms with Gasteiger partial charge in [0.15, 0.2) is 0 Å². The molecule has 0 aliphatic heterocycles. The molecule has 15 heavy (non-hydrogen) atoms. The Labute approximate surface area is 92.8 Å². The Morgan fingerprint density at radius 2 is 1.87 bits per heavy atom. The van der Waals surface area contributed by atoms with Gasteiger partial charge < -0.3 is 15.4 Å². The van der Waals surface area contributed by atoms with Crippen LogP contribution in [-0.2, 0) is 9.53 Å². The van der Waals surface area contributed by atoms with Crippen molar-refractivity contribution in [2.75, 3.05) is 26.2 Å². The highest BCUT2D eigenvalue weighted by molar-refractivity contribution is 5.77. The molecule has 0 fully saturated rings.